The van der Waals surface area contributed by atoms with Gasteiger partial charge in [-0.2, -0.15) is 0 Å². The van der Waals surface area contributed by atoms with Gasteiger partial charge in [-0.1, -0.05) is 20.8 Å². The number of hydrogen-bond acceptors (Lipinski definition) is 2. The summed E-state index contributed by atoms with van der Waals surface area (Å²) in [4.78, 5) is 0. The van der Waals surface area contributed by atoms with E-state index in [0.717, 1.165) is 18.7 Å². The lowest BCUT2D eigenvalue weighted by atomic mass is 9.75. The Labute approximate surface area is 106 Å². The predicted octanol–water partition coefficient (Wildman–Crippen LogP) is 3.87. The highest BCUT2D eigenvalue weighted by molar-refractivity contribution is 5.03. The van der Waals surface area contributed by atoms with Crippen LogP contribution in [0.25, 0.3) is 0 Å². The third-order valence-corrected chi connectivity index (χ3v) is 3.57. The first-order valence-electron chi connectivity index (χ1n) is 6.50. The maximum Gasteiger partial charge on any atom is 0.104 e. The highest BCUT2D eigenvalue weighted by Crippen LogP contribution is 2.31. The third kappa shape index (κ3) is 4.55. The molecule has 0 saturated carbocycles. The summed E-state index contributed by atoms with van der Waals surface area (Å²) in [6.45, 7) is 14.5. The molecular weight excluding hydrogens is 210 g/mol. The van der Waals surface area contributed by atoms with Gasteiger partial charge in [-0.3, -0.25) is 0 Å². The Bertz CT molecular complexity index is 321. The number of nitrogens with one attached hydrogen (secondary N) is 1. The van der Waals surface area contributed by atoms with Gasteiger partial charge >= 0.3 is 0 Å². The first-order valence-corrected chi connectivity index (χ1v) is 6.50. The van der Waals surface area contributed by atoms with Crippen molar-refractivity contribution >= 4 is 0 Å². The average Bonchev–Trinajstić information content (AvgIpc) is 2.66. The Morgan fingerprint density at radius 1 is 1.24 bits per heavy atom. The van der Waals surface area contributed by atoms with E-state index in [2.05, 4.69) is 52.9 Å². The van der Waals surface area contributed by atoms with Crippen LogP contribution < -0.4 is 5.32 Å². The average molecular weight is 237 g/mol. The molecule has 0 bridgehead atoms. The van der Waals surface area contributed by atoms with E-state index in [9.17, 15) is 0 Å². The van der Waals surface area contributed by atoms with Crippen molar-refractivity contribution in [3.8, 4) is 0 Å². The van der Waals surface area contributed by atoms with Crippen LogP contribution in [0.5, 0.6) is 0 Å². The summed E-state index contributed by atoms with van der Waals surface area (Å²) >= 11 is 0. The Balaban J connectivity index is 2.69. The van der Waals surface area contributed by atoms with Gasteiger partial charge in [0.25, 0.3) is 0 Å². The molecular formula is C15H27NO. The smallest absolute Gasteiger partial charge is 0.104 e. The fourth-order valence-corrected chi connectivity index (χ4v) is 1.75. The molecule has 17 heavy (non-hydrogen) atoms. The molecule has 1 aromatic heterocycles. The molecule has 0 radical (unpaired) electrons. The van der Waals surface area contributed by atoms with E-state index in [4.69, 9.17) is 4.42 Å². The maximum atomic E-state index is 5.48. The summed E-state index contributed by atoms with van der Waals surface area (Å²) in [5.74, 6) is 1.69. The van der Waals surface area contributed by atoms with Gasteiger partial charge < -0.3 is 9.73 Å². The van der Waals surface area contributed by atoms with Crippen molar-refractivity contribution in [2.45, 2.75) is 53.5 Å². The zero-order valence-electron chi connectivity index (χ0n) is 12.1. The fraction of sp³-hybridized carbons (Fsp3) is 0.733. The largest absolute Gasteiger partial charge is 0.469 e. The molecule has 1 aromatic rings. The molecule has 1 heterocycles. The summed E-state index contributed by atoms with van der Waals surface area (Å²) in [5, 5.41) is 3.61. The monoisotopic (exact) mass is 237 g/mol. The second kappa shape index (κ2) is 5.26. The van der Waals surface area contributed by atoms with Gasteiger partial charge in [-0.25, -0.2) is 0 Å². The van der Waals surface area contributed by atoms with E-state index in [0.29, 0.717) is 5.92 Å². The van der Waals surface area contributed by atoms with Crippen LogP contribution in [0.2, 0.25) is 0 Å². The Morgan fingerprint density at radius 2 is 1.88 bits per heavy atom. The molecule has 0 aliphatic rings. The van der Waals surface area contributed by atoms with Crippen molar-refractivity contribution in [1.82, 2.24) is 5.32 Å². The van der Waals surface area contributed by atoms with Gasteiger partial charge in [0.05, 0.1) is 6.26 Å². The first kappa shape index (κ1) is 14.3. The van der Waals surface area contributed by atoms with Gasteiger partial charge in [-0.15, -0.1) is 0 Å². The minimum absolute atomic E-state index is 0.166. The van der Waals surface area contributed by atoms with Crippen molar-refractivity contribution in [3.63, 3.8) is 0 Å². The van der Waals surface area contributed by atoms with Gasteiger partial charge in [0, 0.05) is 18.5 Å². The van der Waals surface area contributed by atoms with Gasteiger partial charge in [0.1, 0.15) is 5.76 Å². The van der Waals surface area contributed by atoms with Crippen molar-refractivity contribution in [1.29, 1.82) is 0 Å². The van der Waals surface area contributed by atoms with E-state index in [1.807, 2.05) is 6.07 Å². The minimum Gasteiger partial charge on any atom is -0.469 e. The highest BCUT2D eigenvalue weighted by atomic mass is 16.3. The van der Waals surface area contributed by atoms with Crippen molar-refractivity contribution in [2.75, 3.05) is 6.54 Å². The Morgan fingerprint density at radius 3 is 2.29 bits per heavy atom. The van der Waals surface area contributed by atoms with Crippen molar-refractivity contribution in [2.24, 2.45) is 11.3 Å². The van der Waals surface area contributed by atoms with Gasteiger partial charge in [0.2, 0.25) is 0 Å². The normalized spacial score (nSPS) is 16.2. The summed E-state index contributed by atoms with van der Waals surface area (Å²) < 4.78 is 5.48. The molecule has 1 rings (SSSR count). The molecule has 2 heteroatoms. The van der Waals surface area contributed by atoms with E-state index < -0.39 is 0 Å². The van der Waals surface area contributed by atoms with Crippen LogP contribution in [0.3, 0.4) is 0 Å². The second-order valence-corrected chi connectivity index (χ2v) is 6.67. The lowest BCUT2D eigenvalue weighted by Gasteiger charge is -2.36. The highest BCUT2D eigenvalue weighted by Gasteiger charge is 2.30. The van der Waals surface area contributed by atoms with Crippen LogP contribution in [-0.2, 0) is 6.42 Å². The molecule has 0 spiro atoms. The molecule has 0 amide bonds. The zero-order valence-corrected chi connectivity index (χ0v) is 12.1. The quantitative estimate of drug-likeness (QED) is 0.841. The molecule has 0 saturated heterocycles. The lowest BCUT2D eigenvalue weighted by Crippen LogP contribution is -2.45. The summed E-state index contributed by atoms with van der Waals surface area (Å²) in [7, 11) is 0. The number of furan rings is 1. The van der Waals surface area contributed by atoms with Crippen LogP contribution in [-0.4, -0.2) is 12.1 Å². The fourth-order valence-electron chi connectivity index (χ4n) is 1.75. The predicted molar refractivity (Wildman–Crippen MR) is 73.1 cm³/mol. The van der Waals surface area contributed by atoms with Gasteiger partial charge in [-0.05, 0) is 44.2 Å². The van der Waals surface area contributed by atoms with Crippen molar-refractivity contribution < 1.29 is 4.42 Å². The standard InChI is InChI=1S/C15H27NO/c1-12(2)15(6,11-16-14(3,4)5)10-13-8-7-9-17-13/h7-9,12,16H,10-11H2,1-6H3. The van der Waals surface area contributed by atoms with E-state index in [1.165, 1.54) is 0 Å². The molecule has 0 aliphatic carbocycles. The second-order valence-electron chi connectivity index (χ2n) is 6.67. The van der Waals surface area contributed by atoms with Crippen LogP contribution in [0.1, 0.15) is 47.3 Å². The summed E-state index contributed by atoms with van der Waals surface area (Å²) in [5.41, 5.74) is 0.393. The topological polar surface area (TPSA) is 25.2 Å². The van der Waals surface area contributed by atoms with Crippen LogP contribution in [0.4, 0.5) is 0 Å². The SMILES string of the molecule is CC(C)C(C)(CNC(C)(C)C)Cc1ccco1. The van der Waals surface area contributed by atoms with Crippen LogP contribution in [0, 0.1) is 11.3 Å². The maximum absolute atomic E-state index is 5.48. The lowest BCUT2D eigenvalue weighted by molar-refractivity contribution is 0.177. The van der Waals surface area contributed by atoms with E-state index >= 15 is 0 Å². The first-order chi connectivity index (χ1) is 7.73. The third-order valence-electron chi connectivity index (χ3n) is 3.57. The van der Waals surface area contributed by atoms with Crippen LogP contribution >= 0.6 is 0 Å². The molecule has 0 aromatic carbocycles. The minimum atomic E-state index is 0.166. The summed E-state index contributed by atoms with van der Waals surface area (Å²) in [6.07, 6.45) is 2.74. The molecule has 1 unspecified atom stereocenters. The zero-order chi connectivity index (χ0) is 13.1. The number of rotatable bonds is 5. The Hall–Kier alpha value is -0.760. The molecule has 0 fully saturated rings. The molecule has 0 aliphatic heterocycles. The molecule has 1 N–H and O–H groups in total. The molecule has 98 valence electrons. The number of hydrogen-bond donors (Lipinski definition) is 1. The van der Waals surface area contributed by atoms with Crippen LogP contribution in [0.15, 0.2) is 22.8 Å². The van der Waals surface area contributed by atoms with E-state index in [-0.39, 0.29) is 11.0 Å². The van der Waals surface area contributed by atoms with E-state index in [1.54, 1.807) is 6.26 Å². The van der Waals surface area contributed by atoms with Crippen molar-refractivity contribution in [3.05, 3.63) is 24.2 Å². The molecule has 2 nitrogen and oxygen atoms in total. The van der Waals surface area contributed by atoms with Gasteiger partial charge in [0.15, 0.2) is 0 Å². The Kier molecular flexibility index (Phi) is 4.42. The molecule has 1 atom stereocenters. The summed E-state index contributed by atoms with van der Waals surface area (Å²) in [6, 6.07) is 4.03.